The molecule has 24 heavy (non-hydrogen) atoms. The van der Waals surface area contributed by atoms with Crippen molar-refractivity contribution in [3.8, 4) is 0 Å². The molecule has 2 amide bonds. The van der Waals surface area contributed by atoms with Gasteiger partial charge in [0, 0.05) is 18.2 Å². The van der Waals surface area contributed by atoms with Gasteiger partial charge in [0.15, 0.2) is 0 Å². The van der Waals surface area contributed by atoms with Crippen LogP contribution >= 0.6 is 11.3 Å². The quantitative estimate of drug-likeness (QED) is 0.872. The molecule has 1 saturated carbocycles. The predicted molar refractivity (Wildman–Crippen MR) is 91.8 cm³/mol. The zero-order valence-electron chi connectivity index (χ0n) is 13.1. The molecule has 0 radical (unpaired) electrons. The van der Waals surface area contributed by atoms with Gasteiger partial charge < -0.3 is 15.3 Å². The molecule has 1 aromatic carbocycles. The normalized spacial score (nSPS) is 24.3. The molecule has 2 N–H and O–H groups in total. The van der Waals surface area contributed by atoms with Gasteiger partial charge in [-0.25, -0.2) is 0 Å². The van der Waals surface area contributed by atoms with Gasteiger partial charge >= 0.3 is 0 Å². The monoisotopic (exact) mass is 342 g/mol. The van der Waals surface area contributed by atoms with Crippen LogP contribution in [0.25, 0.3) is 0 Å². The minimum Gasteiger partial charge on any atom is -0.395 e. The second kappa shape index (κ2) is 5.72. The number of aliphatic hydroxyl groups excluding tert-OH is 1. The van der Waals surface area contributed by atoms with Crippen molar-refractivity contribution in [2.24, 2.45) is 5.41 Å². The summed E-state index contributed by atoms with van der Waals surface area (Å²) in [4.78, 5) is 26.7. The van der Waals surface area contributed by atoms with E-state index >= 15 is 0 Å². The van der Waals surface area contributed by atoms with Crippen LogP contribution in [0.1, 0.15) is 23.5 Å². The third-order valence-corrected chi connectivity index (χ3v) is 5.74. The third kappa shape index (κ3) is 2.34. The fourth-order valence-corrected chi connectivity index (χ4v) is 4.22. The average molecular weight is 342 g/mol. The van der Waals surface area contributed by atoms with E-state index in [0.717, 1.165) is 16.8 Å². The van der Waals surface area contributed by atoms with Crippen LogP contribution in [-0.4, -0.2) is 30.1 Å². The zero-order valence-corrected chi connectivity index (χ0v) is 13.9. The molecular weight excluding hydrogens is 324 g/mol. The van der Waals surface area contributed by atoms with Crippen molar-refractivity contribution in [3.05, 3.63) is 52.2 Å². The van der Waals surface area contributed by atoms with Crippen molar-refractivity contribution in [2.45, 2.75) is 18.9 Å². The highest BCUT2D eigenvalue weighted by Gasteiger charge is 2.64. The molecule has 0 unspecified atom stereocenters. The summed E-state index contributed by atoms with van der Waals surface area (Å²) in [5.41, 5.74) is 2.17. The lowest BCUT2D eigenvalue weighted by Gasteiger charge is -2.33. The summed E-state index contributed by atoms with van der Waals surface area (Å²) in [7, 11) is 0. The molecule has 2 aliphatic rings. The lowest BCUT2D eigenvalue weighted by molar-refractivity contribution is -0.128. The Balaban J connectivity index is 1.53. The molecule has 0 saturated heterocycles. The fraction of sp³-hybridized carbons (Fsp3) is 0.333. The second-order valence-corrected chi connectivity index (χ2v) is 7.21. The first-order valence-corrected chi connectivity index (χ1v) is 8.89. The minimum atomic E-state index is -0.720. The van der Waals surface area contributed by atoms with E-state index in [2.05, 4.69) is 5.32 Å². The summed E-state index contributed by atoms with van der Waals surface area (Å²) in [6.07, 6.45) is 0.659. The smallest absolute Gasteiger partial charge is 0.240 e. The Hall–Kier alpha value is -2.18. The van der Waals surface area contributed by atoms with E-state index < -0.39 is 5.41 Å². The van der Waals surface area contributed by atoms with Crippen LogP contribution in [0.3, 0.4) is 0 Å². The summed E-state index contributed by atoms with van der Waals surface area (Å²) in [5.74, 6) is -0.257. The molecule has 0 spiro atoms. The highest BCUT2D eigenvalue weighted by Crippen LogP contribution is 2.64. The molecule has 2 aromatic rings. The second-order valence-electron chi connectivity index (χ2n) is 6.43. The maximum absolute atomic E-state index is 12.8. The van der Waals surface area contributed by atoms with Gasteiger partial charge in [-0.1, -0.05) is 18.2 Å². The molecule has 1 fully saturated rings. The first-order valence-electron chi connectivity index (χ1n) is 7.95. The summed E-state index contributed by atoms with van der Waals surface area (Å²) < 4.78 is 0. The van der Waals surface area contributed by atoms with E-state index in [1.165, 1.54) is 4.90 Å². The van der Waals surface area contributed by atoms with Gasteiger partial charge in [0.05, 0.1) is 12.0 Å². The number of benzene rings is 1. The van der Waals surface area contributed by atoms with Gasteiger partial charge in [-0.2, -0.15) is 11.3 Å². The number of carbonyl (C=O) groups excluding carboxylic acids is 2. The Morgan fingerprint density at radius 2 is 2.21 bits per heavy atom. The number of carbonyl (C=O) groups is 2. The number of hydrogen-bond acceptors (Lipinski definition) is 4. The number of fused-ring (bicyclic) bond motifs is 3. The fourth-order valence-electron chi connectivity index (χ4n) is 3.55. The molecule has 2 atom stereocenters. The Morgan fingerprint density at radius 1 is 1.38 bits per heavy atom. The number of rotatable bonds is 5. The molecule has 5 nitrogen and oxygen atoms in total. The van der Waals surface area contributed by atoms with Crippen LogP contribution in [0, 0.1) is 5.41 Å². The van der Waals surface area contributed by atoms with E-state index in [1.807, 2.05) is 41.1 Å². The standard InChI is InChI=1S/C18H18N2O3S/c21-11-18-7-14(18)13-3-1-2-4-15(13)20(17(18)23)9-16(22)19-8-12-5-6-24-10-12/h1-6,10,14,21H,7-9,11H2,(H,19,22)/t14-,18+/m0/s1. The van der Waals surface area contributed by atoms with E-state index in [-0.39, 0.29) is 30.9 Å². The van der Waals surface area contributed by atoms with Crippen molar-refractivity contribution < 1.29 is 14.7 Å². The number of aliphatic hydroxyl groups is 1. The number of hydrogen-bond donors (Lipinski definition) is 2. The minimum absolute atomic E-state index is 0.0194. The Morgan fingerprint density at radius 3 is 2.96 bits per heavy atom. The van der Waals surface area contributed by atoms with Gasteiger partial charge in [0.1, 0.15) is 6.54 Å². The van der Waals surface area contributed by atoms with Gasteiger partial charge in [-0.05, 0) is 40.4 Å². The lowest BCUT2D eigenvalue weighted by Crippen LogP contribution is -2.47. The third-order valence-electron chi connectivity index (χ3n) is 5.00. The maximum atomic E-state index is 12.8. The van der Waals surface area contributed by atoms with Gasteiger partial charge in [-0.15, -0.1) is 0 Å². The molecule has 4 rings (SSSR count). The molecule has 1 aliphatic heterocycles. The van der Waals surface area contributed by atoms with Crippen molar-refractivity contribution >= 4 is 28.8 Å². The van der Waals surface area contributed by atoms with E-state index in [4.69, 9.17) is 0 Å². The van der Waals surface area contributed by atoms with E-state index in [0.29, 0.717) is 13.0 Å². The van der Waals surface area contributed by atoms with Crippen LogP contribution < -0.4 is 10.2 Å². The zero-order chi connectivity index (χ0) is 16.7. The van der Waals surface area contributed by atoms with Crippen molar-refractivity contribution in [1.29, 1.82) is 0 Å². The molecule has 1 aliphatic carbocycles. The van der Waals surface area contributed by atoms with Crippen LogP contribution in [0.15, 0.2) is 41.1 Å². The molecule has 1 aromatic heterocycles. The molecule has 2 heterocycles. The summed E-state index contributed by atoms with van der Waals surface area (Å²) >= 11 is 1.58. The topological polar surface area (TPSA) is 69.6 Å². The first kappa shape index (κ1) is 15.4. The van der Waals surface area contributed by atoms with Crippen molar-refractivity contribution in [3.63, 3.8) is 0 Å². The van der Waals surface area contributed by atoms with Gasteiger partial charge in [0.2, 0.25) is 11.8 Å². The SMILES string of the molecule is O=C(CN1C(=O)[C@@]2(CO)C[C@H]2c2ccccc21)NCc1ccsc1. The largest absolute Gasteiger partial charge is 0.395 e. The van der Waals surface area contributed by atoms with Crippen LogP contribution in [-0.2, 0) is 16.1 Å². The van der Waals surface area contributed by atoms with Crippen LogP contribution in [0.5, 0.6) is 0 Å². The number of amides is 2. The lowest BCUT2D eigenvalue weighted by atomic mass is 9.92. The number of thiophene rings is 1. The van der Waals surface area contributed by atoms with Crippen molar-refractivity contribution in [1.82, 2.24) is 5.32 Å². The van der Waals surface area contributed by atoms with Gasteiger partial charge in [-0.3, -0.25) is 9.59 Å². The number of nitrogens with one attached hydrogen (secondary N) is 1. The summed E-state index contributed by atoms with van der Waals surface area (Å²) in [6, 6.07) is 9.63. The highest BCUT2D eigenvalue weighted by molar-refractivity contribution is 7.07. The first-order chi connectivity index (χ1) is 11.7. The van der Waals surface area contributed by atoms with E-state index in [9.17, 15) is 14.7 Å². The van der Waals surface area contributed by atoms with Crippen molar-refractivity contribution in [2.75, 3.05) is 18.1 Å². The highest BCUT2D eigenvalue weighted by atomic mass is 32.1. The number of para-hydroxylation sites is 1. The average Bonchev–Trinajstić information content (AvgIpc) is 3.15. The molecule has 6 heteroatoms. The van der Waals surface area contributed by atoms with Crippen LogP contribution in [0.2, 0.25) is 0 Å². The Kier molecular flexibility index (Phi) is 3.66. The Bertz CT molecular complexity index is 789. The van der Waals surface area contributed by atoms with E-state index in [1.54, 1.807) is 11.3 Å². The summed E-state index contributed by atoms with van der Waals surface area (Å²) in [6.45, 7) is 0.270. The van der Waals surface area contributed by atoms with Crippen LogP contribution in [0.4, 0.5) is 5.69 Å². The Labute approximate surface area is 143 Å². The predicted octanol–water partition coefficient (Wildman–Crippen LogP) is 1.88. The number of nitrogens with zero attached hydrogens (tertiary/aromatic N) is 1. The van der Waals surface area contributed by atoms with Gasteiger partial charge in [0.25, 0.3) is 0 Å². The molecule has 124 valence electrons. The summed E-state index contributed by atoms with van der Waals surface area (Å²) in [5, 5.41) is 16.5. The number of anilines is 1. The molecular formula is C18H18N2O3S. The maximum Gasteiger partial charge on any atom is 0.240 e. The molecule has 0 bridgehead atoms.